The highest BCUT2D eigenvalue weighted by molar-refractivity contribution is 7.81. The van der Waals surface area contributed by atoms with E-state index in [0.717, 1.165) is 32.1 Å². The maximum absolute atomic E-state index is 12.0. The van der Waals surface area contributed by atoms with E-state index < -0.39 is 54.6 Å². The van der Waals surface area contributed by atoms with Gasteiger partial charge < -0.3 is 14.4 Å². The quantitative estimate of drug-likeness (QED) is 0.0835. The lowest BCUT2D eigenvalue weighted by Crippen LogP contribution is -2.47. The van der Waals surface area contributed by atoms with Gasteiger partial charge in [0.05, 0.1) is 19.4 Å². The van der Waals surface area contributed by atoms with Gasteiger partial charge in [0.1, 0.15) is 0 Å². The molecule has 1 unspecified atom stereocenters. The van der Waals surface area contributed by atoms with Crippen molar-refractivity contribution in [3.63, 3.8) is 0 Å². The highest BCUT2D eigenvalue weighted by Gasteiger charge is 2.49. The van der Waals surface area contributed by atoms with Gasteiger partial charge in [0.15, 0.2) is 0 Å². The van der Waals surface area contributed by atoms with Crippen LogP contribution in [0, 0.1) is 0 Å². The molecular weight excluding hydrogens is 487 g/mol. The zero-order valence-electron chi connectivity index (χ0n) is 18.5. The molecule has 1 atom stereocenters. The molecule has 15 heteroatoms. The summed E-state index contributed by atoms with van der Waals surface area (Å²) in [5.74, 6) is -5.32. The molecule has 0 aliphatic heterocycles. The van der Waals surface area contributed by atoms with Gasteiger partial charge in [0.2, 0.25) is 5.60 Å². The van der Waals surface area contributed by atoms with Crippen molar-refractivity contribution in [1.82, 2.24) is 0 Å². The van der Waals surface area contributed by atoms with Gasteiger partial charge in [-0.25, -0.2) is 13.5 Å². The van der Waals surface area contributed by atoms with Crippen LogP contribution < -0.4 is 0 Å². The van der Waals surface area contributed by atoms with E-state index >= 15 is 0 Å². The average molecular weight is 520 g/mol. The Labute approximate surface area is 193 Å². The van der Waals surface area contributed by atoms with E-state index in [0.29, 0.717) is 6.42 Å². The first-order valence-electron chi connectivity index (χ1n) is 10.6. The summed E-state index contributed by atoms with van der Waals surface area (Å²) in [4.78, 5) is 52.5. The van der Waals surface area contributed by atoms with Gasteiger partial charge >= 0.3 is 36.1 Å². The number of esters is 1. The molecule has 33 heavy (non-hydrogen) atoms. The minimum Gasteiger partial charge on any atom is -0.479 e. The molecule has 0 spiro atoms. The van der Waals surface area contributed by atoms with E-state index in [4.69, 9.17) is 19.1 Å². The van der Waals surface area contributed by atoms with E-state index in [1.165, 1.54) is 25.7 Å². The highest BCUT2D eigenvalue weighted by atomic mass is 32.3. The van der Waals surface area contributed by atoms with Crippen molar-refractivity contribution in [2.75, 3.05) is 6.61 Å². The third-order valence-electron chi connectivity index (χ3n) is 4.50. The van der Waals surface area contributed by atoms with Crippen molar-refractivity contribution >= 4 is 36.1 Å². The fourth-order valence-corrected chi connectivity index (χ4v) is 3.89. The fourth-order valence-electron chi connectivity index (χ4n) is 2.97. The molecular formula is C18H33O13PS. The van der Waals surface area contributed by atoms with E-state index in [1.807, 2.05) is 0 Å². The van der Waals surface area contributed by atoms with Gasteiger partial charge in [-0.15, -0.1) is 0 Å². The van der Waals surface area contributed by atoms with Crippen molar-refractivity contribution in [2.24, 2.45) is 0 Å². The van der Waals surface area contributed by atoms with Crippen molar-refractivity contribution in [2.45, 2.75) is 89.6 Å². The van der Waals surface area contributed by atoms with Crippen LogP contribution in [-0.2, 0) is 42.8 Å². The number of unbranched alkanes of at least 4 members (excludes halogenated alkanes) is 9. The molecule has 194 valence electrons. The van der Waals surface area contributed by atoms with Gasteiger partial charge in [-0.3, -0.25) is 23.9 Å². The minimum atomic E-state index is -5.50. The molecule has 0 radical (unpaired) electrons. The van der Waals surface area contributed by atoms with E-state index in [1.54, 1.807) is 0 Å². The molecule has 0 fully saturated rings. The molecule has 0 aromatic heterocycles. The Morgan fingerprint density at radius 3 is 1.73 bits per heavy atom. The second-order valence-corrected chi connectivity index (χ2v) is 9.71. The van der Waals surface area contributed by atoms with Gasteiger partial charge in [-0.2, -0.15) is 8.42 Å². The number of carboxylic acid groups (broad SMARTS) is 1. The van der Waals surface area contributed by atoms with Crippen LogP contribution in [-0.4, -0.2) is 58.0 Å². The Kier molecular flexibility index (Phi) is 14.6. The number of ether oxygens (including phenoxy) is 1. The predicted octanol–water partition coefficient (Wildman–Crippen LogP) is 2.51. The van der Waals surface area contributed by atoms with Crippen molar-refractivity contribution in [3.05, 3.63) is 0 Å². The van der Waals surface area contributed by atoms with Gasteiger partial charge in [-0.05, 0) is 6.42 Å². The maximum Gasteiger partial charge on any atom is 0.526 e. The topological polar surface area (TPSA) is 211 Å². The van der Waals surface area contributed by atoms with Crippen LogP contribution in [0.3, 0.4) is 0 Å². The first-order valence-corrected chi connectivity index (χ1v) is 13.5. The summed E-state index contributed by atoms with van der Waals surface area (Å²) in [7, 11) is -10.9. The van der Waals surface area contributed by atoms with Gasteiger partial charge in [0.25, 0.3) is 0 Å². The number of hydrogen-bond donors (Lipinski definition) is 4. The average Bonchev–Trinajstić information content (AvgIpc) is 2.62. The lowest BCUT2D eigenvalue weighted by Gasteiger charge is -2.25. The summed E-state index contributed by atoms with van der Waals surface area (Å²) in [5.41, 5.74) is -3.23. The van der Waals surface area contributed by atoms with Crippen LogP contribution in [0.25, 0.3) is 0 Å². The summed E-state index contributed by atoms with van der Waals surface area (Å²) >= 11 is 0. The first-order chi connectivity index (χ1) is 15.2. The Bertz CT molecular complexity index is 776. The van der Waals surface area contributed by atoms with Crippen molar-refractivity contribution in [3.8, 4) is 0 Å². The predicted molar refractivity (Wildman–Crippen MR) is 113 cm³/mol. The first kappa shape index (κ1) is 31.4. The fraction of sp³-hybridized carbons (Fsp3) is 0.833. The van der Waals surface area contributed by atoms with E-state index in [-0.39, 0.29) is 6.61 Å². The molecule has 0 aromatic rings. The Balaban J connectivity index is 4.68. The molecule has 13 nitrogen and oxygen atoms in total. The smallest absolute Gasteiger partial charge is 0.479 e. The Morgan fingerprint density at radius 2 is 1.30 bits per heavy atom. The monoisotopic (exact) mass is 520 g/mol. The summed E-state index contributed by atoms with van der Waals surface area (Å²) in [6.07, 6.45) is 7.26. The molecule has 0 aromatic carbocycles. The highest BCUT2D eigenvalue weighted by Crippen LogP contribution is 2.38. The van der Waals surface area contributed by atoms with Gasteiger partial charge in [-0.1, -0.05) is 64.7 Å². The summed E-state index contributed by atoms with van der Waals surface area (Å²) in [5, 5.41) is 9.33. The largest absolute Gasteiger partial charge is 0.526 e. The number of carbonyl (C=O) groups excluding carboxylic acids is 2. The maximum atomic E-state index is 12.0. The number of phosphoric acid groups is 1. The van der Waals surface area contributed by atoms with Crippen LogP contribution in [0.4, 0.5) is 0 Å². The molecule has 0 amide bonds. The third-order valence-corrected chi connectivity index (χ3v) is 5.47. The zero-order valence-corrected chi connectivity index (χ0v) is 20.2. The lowest BCUT2D eigenvalue weighted by atomic mass is 9.96. The van der Waals surface area contributed by atoms with Crippen LogP contribution in [0.1, 0.15) is 84.0 Å². The van der Waals surface area contributed by atoms with Crippen LogP contribution >= 0.6 is 7.82 Å². The molecule has 4 N–H and O–H groups in total. The second kappa shape index (κ2) is 15.4. The van der Waals surface area contributed by atoms with Crippen molar-refractivity contribution in [1.29, 1.82) is 0 Å². The van der Waals surface area contributed by atoms with Crippen LogP contribution in [0.5, 0.6) is 0 Å². The summed E-state index contributed by atoms with van der Waals surface area (Å²) in [6, 6.07) is 0. The Hall–Kier alpha value is -1.57. The van der Waals surface area contributed by atoms with Crippen LogP contribution in [0.2, 0.25) is 0 Å². The molecule has 0 aliphatic rings. The van der Waals surface area contributed by atoms with E-state index in [2.05, 4.69) is 15.6 Å². The zero-order chi connectivity index (χ0) is 25.5. The number of phosphoric ester groups is 1. The number of rotatable bonds is 19. The normalized spacial score (nSPS) is 13.8. The molecule has 0 saturated heterocycles. The summed E-state index contributed by atoms with van der Waals surface area (Å²) < 4.78 is 54.3. The Morgan fingerprint density at radius 1 is 0.848 bits per heavy atom. The number of carbonyl (C=O) groups is 3. The van der Waals surface area contributed by atoms with E-state index in [9.17, 15) is 32.5 Å². The minimum absolute atomic E-state index is 0.107. The van der Waals surface area contributed by atoms with Crippen LogP contribution in [0.15, 0.2) is 0 Å². The molecule has 0 rings (SSSR count). The van der Waals surface area contributed by atoms with Crippen molar-refractivity contribution < 1.29 is 60.3 Å². The molecule has 0 saturated carbocycles. The van der Waals surface area contributed by atoms with Gasteiger partial charge in [0, 0.05) is 0 Å². The second-order valence-electron chi connectivity index (χ2n) is 7.52. The number of carboxylic acids is 1. The molecule has 0 bridgehead atoms. The standard InChI is InChI=1S/C18H33O13PS/c1-2-3-4-5-6-7-8-9-10-11-12-29-15(19)13-18(17(21)22,31-33(26,27)28)14-16(20)30-32(23,24)25/h2-14H2,1H3,(H,21,22)(H2,23,24,25)(H,26,27,28). The SMILES string of the molecule is CCCCCCCCCCCCOC(=O)CC(CC(=O)OP(=O)(O)O)(OS(=O)(=O)O)C(=O)O. The summed E-state index contributed by atoms with van der Waals surface area (Å²) in [6.45, 7) is 2.04. The third kappa shape index (κ3) is 16.7. The number of aliphatic carboxylic acids is 1. The molecule has 0 heterocycles. The lowest BCUT2D eigenvalue weighted by molar-refractivity contribution is -0.168. The number of hydrogen-bond acceptors (Lipinski definition) is 9. The molecule has 0 aliphatic carbocycles.